The minimum atomic E-state index is 0.690. The molecule has 0 atom stereocenters. The number of ether oxygens (including phenoxy) is 1. The first-order valence-corrected chi connectivity index (χ1v) is 10.3. The van der Waals surface area contributed by atoms with Crippen molar-refractivity contribution in [1.29, 1.82) is 0 Å². The first-order chi connectivity index (χ1) is 13.6. The molecule has 0 radical (unpaired) electrons. The van der Waals surface area contributed by atoms with E-state index in [2.05, 4.69) is 60.6 Å². The largest absolute Gasteiger partial charge is 0.494 e. The molecule has 2 heterocycles. The molecule has 0 saturated heterocycles. The summed E-state index contributed by atoms with van der Waals surface area (Å²) in [5, 5.41) is 3.26. The average Bonchev–Trinajstić information content (AvgIpc) is 3.38. The van der Waals surface area contributed by atoms with Gasteiger partial charge in [-0.2, -0.15) is 0 Å². The Morgan fingerprint density at radius 1 is 1.07 bits per heavy atom. The monoisotopic (exact) mass is 389 g/mol. The van der Waals surface area contributed by atoms with Gasteiger partial charge in [-0.15, -0.1) is 11.3 Å². The average molecular weight is 390 g/mol. The summed E-state index contributed by atoms with van der Waals surface area (Å²) >= 11 is 1.71. The van der Waals surface area contributed by atoms with Gasteiger partial charge in [0.05, 0.1) is 23.6 Å². The van der Waals surface area contributed by atoms with Crippen LogP contribution in [0, 0.1) is 13.8 Å². The highest BCUT2D eigenvalue weighted by Crippen LogP contribution is 2.28. The van der Waals surface area contributed by atoms with Crippen molar-refractivity contribution >= 4 is 11.3 Å². The molecule has 0 N–H and O–H groups in total. The molecule has 4 aromatic rings. The molecule has 4 rings (SSSR count). The van der Waals surface area contributed by atoms with Gasteiger partial charge in [0.15, 0.2) is 0 Å². The highest BCUT2D eigenvalue weighted by molar-refractivity contribution is 7.10. The number of rotatable bonds is 6. The van der Waals surface area contributed by atoms with Crippen LogP contribution in [0.25, 0.3) is 16.9 Å². The second kappa shape index (κ2) is 7.98. The standard InChI is InChI=1S/C23H23N3OS/c1-4-27-22-12-16(2)19(11-17(22)3)13-23-25-21(14-28-23)18-5-7-20(8-6-18)26-10-9-24-15-26/h5-12,14-15H,4,13H2,1-3H3. The van der Waals surface area contributed by atoms with E-state index in [0.717, 1.165) is 34.1 Å². The van der Waals surface area contributed by atoms with Crippen molar-refractivity contribution in [3.63, 3.8) is 0 Å². The lowest BCUT2D eigenvalue weighted by molar-refractivity contribution is 0.337. The third-order valence-electron chi connectivity index (χ3n) is 4.79. The molecular formula is C23H23N3OS. The Hall–Kier alpha value is -2.92. The van der Waals surface area contributed by atoms with Gasteiger partial charge in [0.25, 0.3) is 0 Å². The van der Waals surface area contributed by atoms with Crippen molar-refractivity contribution in [2.45, 2.75) is 27.2 Å². The van der Waals surface area contributed by atoms with Crippen LogP contribution in [-0.4, -0.2) is 21.1 Å². The number of aryl methyl sites for hydroxylation is 2. The molecule has 0 aliphatic carbocycles. The van der Waals surface area contributed by atoms with Gasteiger partial charge >= 0.3 is 0 Å². The van der Waals surface area contributed by atoms with Crippen LogP contribution >= 0.6 is 11.3 Å². The van der Waals surface area contributed by atoms with Crippen LogP contribution in [0.1, 0.15) is 28.6 Å². The van der Waals surface area contributed by atoms with Crippen LogP contribution in [0.5, 0.6) is 5.75 Å². The Kier molecular flexibility index (Phi) is 5.26. The number of benzene rings is 2. The zero-order valence-corrected chi connectivity index (χ0v) is 17.2. The minimum absolute atomic E-state index is 0.690. The molecule has 0 amide bonds. The van der Waals surface area contributed by atoms with Crippen molar-refractivity contribution in [2.24, 2.45) is 0 Å². The summed E-state index contributed by atoms with van der Waals surface area (Å²) in [7, 11) is 0. The second-order valence-electron chi connectivity index (χ2n) is 6.80. The minimum Gasteiger partial charge on any atom is -0.494 e. The smallest absolute Gasteiger partial charge is 0.122 e. The third-order valence-corrected chi connectivity index (χ3v) is 5.64. The molecule has 5 heteroatoms. The number of aromatic nitrogens is 3. The molecule has 4 nitrogen and oxygen atoms in total. The Bertz CT molecular complexity index is 1070. The van der Waals surface area contributed by atoms with E-state index < -0.39 is 0 Å². The predicted molar refractivity (Wildman–Crippen MR) is 115 cm³/mol. The number of nitrogens with zero attached hydrogens (tertiary/aromatic N) is 3. The number of hydrogen-bond acceptors (Lipinski definition) is 4. The lowest BCUT2D eigenvalue weighted by Crippen LogP contribution is -1.98. The fourth-order valence-electron chi connectivity index (χ4n) is 3.25. The van der Waals surface area contributed by atoms with Gasteiger partial charge in [0.1, 0.15) is 5.75 Å². The van der Waals surface area contributed by atoms with Gasteiger partial charge in [-0.25, -0.2) is 9.97 Å². The first-order valence-electron chi connectivity index (χ1n) is 9.40. The van der Waals surface area contributed by atoms with E-state index in [1.165, 1.54) is 16.7 Å². The Balaban J connectivity index is 1.53. The summed E-state index contributed by atoms with van der Waals surface area (Å²) in [6.45, 7) is 6.94. The van der Waals surface area contributed by atoms with E-state index in [0.29, 0.717) is 6.61 Å². The maximum Gasteiger partial charge on any atom is 0.122 e. The van der Waals surface area contributed by atoms with Crippen LogP contribution in [0.2, 0.25) is 0 Å². The van der Waals surface area contributed by atoms with Crippen LogP contribution in [-0.2, 0) is 6.42 Å². The Morgan fingerprint density at radius 2 is 1.89 bits per heavy atom. The normalized spacial score (nSPS) is 11.0. The van der Waals surface area contributed by atoms with Crippen molar-refractivity contribution in [3.05, 3.63) is 82.2 Å². The van der Waals surface area contributed by atoms with E-state index in [4.69, 9.17) is 9.72 Å². The molecule has 28 heavy (non-hydrogen) atoms. The quantitative estimate of drug-likeness (QED) is 0.431. The van der Waals surface area contributed by atoms with E-state index in [1.54, 1.807) is 23.9 Å². The van der Waals surface area contributed by atoms with Gasteiger partial charge in [0, 0.05) is 35.4 Å². The molecule has 0 spiro atoms. The molecule has 2 aromatic carbocycles. The lowest BCUT2D eigenvalue weighted by Gasteiger charge is -2.11. The second-order valence-corrected chi connectivity index (χ2v) is 7.74. The topological polar surface area (TPSA) is 39.9 Å². The molecule has 0 aliphatic heterocycles. The Morgan fingerprint density at radius 3 is 2.61 bits per heavy atom. The van der Waals surface area contributed by atoms with Gasteiger partial charge < -0.3 is 9.30 Å². The predicted octanol–water partition coefficient (Wildman–Crippen LogP) is 5.60. The summed E-state index contributed by atoms with van der Waals surface area (Å²) in [6.07, 6.45) is 6.37. The van der Waals surface area contributed by atoms with Crippen molar-refractivity contribution in [1.82, 2.24) is 14.5 Å². The number of thiazole rings is 1. The van der Waals surface area contributed by atoms with E-state index in [-0.39, 0.29) is 0 Å². The van der Waals surface area contributed by atoms with Gasteiger partial charge in [-0.3, -0.25) is 0 Å². The summed E-state index contributed by atoms with van der Waals surface area (Å²) in [5.41, 5.74) is 6.97. The fraction of sp³-hybridized carbons (Fsp3) is 0.217. The summed E-state index contributed by atoms with van der Waals surface area (Å²) in [4.78, 5) is 8.96. The van der Waals surface area contributed by atoms with Gasteiger partial charge in [-0.05, 0) is 55.7 Å². The highest BCUT2D eigenvalue weighted by Gasteiger charge is 2.10. The van der Waals surface area contributed by atoms with Crippen LogP contribution in [0.15, 0.2) is 60.5 Å². The zero-order valence-electron chi connectivity index (χ0n) is 16.3. The molecule has 0 fully saturated rings. The number of hydrogen-bond donors (Lipinski definition) is 0. The van der Waals surface area contributed by atoms with E-state index in [1.807, 2.05) is 17.7 Å². The van der Waals surface area contributed by atoms with Crippen molar-refractivity contribution in [3.8, 4) is 22.7 Å². The van der Waals surface area contributed by atoms with Crippen LogP contribution in [0.3, 0.4) is 0 Å². The maximum absolute atomic E-state index is 5.70. The molecule has 0 bridgehead atoms. The fourth-order valence-corrected chi connectivity index (χ4v) is 4.08. The highest BCUT2D eigenvalue weighted by atomic mass is 32.1. The molecule has 142 valence electrons. The van der Waals surface area contributed by atoms with Crippen molar-refractivity contribution < 1.29 is 4.74 Å². The van der Waals surface area contributed by atoms with Gasteiger partial charge in [0.2, 0.25) is 0 Å². The first kappa shape index (κ1) is 18.4. The molecular weight excluding hydrogens is 366 g/mol. The zero-order chi connectivity index (χ0) is 19.5. The summed E-state index contributed by atoms with van der Waals surface area (Å²) in [5.74, 6) is 0.974. The Labute approximate surface area is 169 Å². The summed E-state index contributed by atoms with van der Waals surface area (Å²) < 4.78 is 7.70. The lowest BCUT2D eigenvalue weighted by atomic mass is 10.0. The van der Waals surface area contributed by atoms with Crippen LogP contribution < -0.4 is 4.74 Å². The number of imidazole rings is 1. The third kappa shape index (κ3) is 3.85. The van der Waals surface area contributed by atoms with Gasteiger partial charge in [-0.1, -0.05) is 18.2 Å². The van der Waals surface area contributed by atoms with E-state index in [9.17, 15) is 0 Å². The maximum atomic E-state index is 5.70. The SMILES string of the molecule is CCOc1cc(C)c(Cc2nc(-c3ccc(-n4ccnc4)cc3)cs2)cc1C. The summed E-state index contributed by atoms with van der Waals surface area (Å²) in [6, 6.07) is 12.8. The molecule has 2 aromatic heterocycles. The molecule has 0 aliphatic rings. The van der Waals surface area contributed by atoms with E-state index >= 15 is 0 Å². The van der Waals surface area contributed by atoms with Crippen molar-refractivity contribution in [2.75, 3.05) is 6.61 Å². The molecule has 0 unspecified atom stereocenters. The molecule has 0 saturated carbocycles. The van der Waals surface area contributed by atoms with Crippen LogP contribution in [0.4, 0.5) is 0 Å².